The van der Waals surface area contributed by atoms with Crippen molar-refractivity contribution in [2.75, 3.05) is 13.7 Å². The Morgan fingerprint density at radius 3 is 2.63 bits per heavy atom. The normalized spacial score (nSPS) is 11.2. The van der Waals surface area contributed by atoms with Gasteiger partial charge in [-0.15, -0.1) is 11.3 Å². The van der Waals surface area contributed by atoms with Crippen molar-refractivity contribution < 1.29 is 18.7 Å². The highest BCUT2D eigenvalue weighted by atomic mass is 32.1. The van der Waals surface area contributed by atoms with Gasteiger partial charge >= 0.3 is 5.63 Å². The molecule has 38 heavy (non-hydrogen) atoms. The average Bonchev–Trinajstić information content (AvgIpc) is 3.44. The number of hydrogen-bond acceptors (Lipinski definition) is 8. The molecule has 0 spiro atoms. The first kappa shape index (κ1) is 24.7. The number of benzene rings is 3. The summed E-state index contributed by atoms with van der Waals surface area (Å²) in [5.41, 5.74) is 2.35. The Bertz CT molecular complexity index is 1760. The summed E-state index contributed by atoms with van der Waals surface area (Å²) in [6.45, 7) is -0.135. The maximum Gasteiger partial charge on any atom is 0.345 e. The first-order valence-electron chi connectivity index (χ1n) is 11.6. The molecule has 186 valence electrons. The van der Waals surface area contributed by atoms with Crippen LogP contribution in [0.4, 0.5) is 0 Å². The molecule has 0 unspecified atom stereocenters. The summed E-state index contributed by atoms with van der Waals surface area (Å²) in [5, 5.41) is 12.8. The van der Waals surface area contributed by atoms with Gasteiger partial charge in [-0.3, -0.25) is 4.79 Å². The van der Waals surface area contributed by atoms with E-state index in [-0.39, 0.29) is 12.4 Å². The lowest BCUT2D eigenvalue weighted by Crippen LogP contribution is -2.11. The average molecular weight is 521 g/mol. The second kappa shape index (κ2) is 10.9. The van der Waals surface area contributed by atoms with Crippen molar-refractivity contribution in [1.82, 2.24) is 4.98 Å². The van der Waals surface area contributed by atoms with Crippen molar-refractivity contribution in [3.8, 4) is 28.8 Å². The van der Waals surface area contributed by atoms with Crippen LogP contribution in [0.3, 0.4) is 0 Å². The zero-order chi connectivity index (χ0) is 26.5. The molecule has 0 fully saturated rings. The molecule has 0 aliphatic heterocycles. The quantitative estimate of drug-likeness (QED) is 0.135. The molecule has 0 aliphatic rings. The number of carbonyl (C=O) groups excluding carboxylic acids is 1. The molecule has 0 N–H and O–H groups in total. The van der Waals surface area contributed by atoms with Crippen molar-refractivity contribution in [2.24, 2.45) is 0 Å². The zero-order valence-corrected chi connectivity index (χ0v) is 21.0. The Hall–Kier alpha value is -5.00. The van der Waals surface area contributed by atoms with Gasteiger partial charge in [-0.05, 0) is 35.9 Å². The van der Waals surface area contributed by atoms with Crippen molar-refractivity contribution in [2.45, 2.75) is 0 Å². The Morgan fingerprint density at radius 2 is 1.84 bits per heavy atom. The second-order valence-corrected chi connectivity index (χ2v) is 9.04. The minimum Gasteiger partial charge on any atom is -0.493 e. The molecule has 2 heterocycles. The van der Waals surface area contributed by atoms with Crippen LogP contribution in [0.25, 0.3) is 33.9 Å². The lowest BCUT2D eigenvalue weighted by atomic mass is 10.1. The number of Topliss-reactive ketones (excluding diaryl/α,β-unsaturated/α-hetero) is 1. The SMILES string of the molecule is COc1cc(/C=C(/C#N)c2nc(-c3cc4ccccc4oc3=O)cs2)ccc1OCC(=O)c1ccccc1. The number of methoxy groups -OCH3 is 1. The first-order chi connectivity index (χ1) is 18.6. The number of allylic oxidation sites excluding steroid dienone is 1. The Balaban J connectivity index is 1.38. The third kappa shape index (κ3) is 5.24. The number of ketones is 1. The predicted molar refractivity (Wildman–Crippen MR) is 146 cm³/mol. The summed E-state index contributed by atoms with van der Waals surface area (Å²) in [6.07, 6.45) is 1.67. The van der Waals surface area contributed by atoms with E-state index in [1.54, 1.807) is 72.1 Å². The van der Waals surface area contributed by atoms with E-state index in [1.807, 2.05) is 18.2 Å². The highest BCUT2D eigenvalue weighted by Gasteiger charge is 2.15. The predicted octanol–water partition coefficient (Wildman–Crippen LogP) is 6.25. The van der Waals surface area contributed by atoms with Crippen molar-refractivity contribution >= 4 is 39.7 Å². The van der Waals surface area contributed by atoms with Gasteiger partial charge in [0.05, 0.1) is 23.9 Å². The molecule has 0 aliphatic carbocycles. The van der Waals surface area contributed by atoms with Crippen molar-refractivity contribution in [3.63, 3.8) is 0 Å². The number of nitrogens with zero attached hydrogens (tertiary/aromatic N) is 2. The summed E-state index contributed by atoms with van der Waals surface area (Å²) in [6, 6.07) is 25.2. The molecule has 7 nitrogen and oxygen atoms in total. The highest BCUT2D eigenvalue weighted by molar-refractivity contribution is 7.11. The number of carbonyl (C=O) groups is 1. The van der Waals surface area contributed by atoms with Gasteiger partial charge in [-0.1, -0.05) is 54.6 Å². The third-order valence-electron chi connectivity index (χ3n) is 5.73. The van der Waals surface area contributed by atoms with E-state index in [2.05, 4.69) is 11.1 Å². The van der Waals surface area contributed by atoms with Crippen molar-refractivity contribution in [1.29, 1.82) is 5.26 Å². The fraction of sp³-hybridized carbons (Fsp3) is 0.0667. The number of rotatable bonds is 8. The van der Waals surface area contributed by atoms with Crippen LogP contribution in [0.1, 0.15) is 20.9 Å². The molecule has 0 atom stereocenters. The van der Waals surface area contributed by atoms with Gasteiger partial charge in [0.1, 0.15) is 16.7 Å². The maximum atomic E-state index is 12.5. The molecule has 0 radical (unpaired) electrons. The smallest absolute Gasteiger partial charge is 0.345 e. The molecule has 0 saturated heterocycles. The summed E-state index contributed by atoms with van der Waals surface area (Å²) < 4.78 is 16.6. The number of thiazole rings is 1. The molecule has 5 rings (SSSR count). The molecule has 0 saturated carbocycles. The third-order valence-corrected chi connectivity index (χ3v) is 6.60. The zero-order valence-electron chi connectivity index (χ0n) is 20.2. The van der Waals surface area contributed by atoms with E-state index >= 15 is 0 Å². The van der Waals surface area contributed by atoms with Gasteiger partial charge in [0.15, 0.2) is 23.9 Å². The van der Waals surface area contributed by atoms with Crippen LogP contribution >= 0.6 is 11.3 Å². The van der Waals surface area contributed by atoms with Gasteiger partial charge < -0.3 is 13.9 Å². The monoisotopic (exact) mass is 520 g/mol. The largest absolute Gasteiger partial charge is 0.493 e. The summed E-state index contributed by atoms with van der Waals surface area (Å²) in [4.78, 5) is 29.4. The highest BCUT2D eigenvalue weighted by Crippen LogP contribution is 2.31. The van der Waals surface area contributed by atoms with Gasteiger partial charge in [0.25, 0.3) is 0 Å². The van der Waals surface area contributed by atoms with E-state index in [0.717, 1.165) is 5.39 Å². The van der Waals surface area contributed by atoms with Crippen molar-refractivity contribution in [3.05, 3.63) is 111 Å². The Labute approximate surface area is 221 Å². The summed E-state index contributed by atoms with van der Waals surface area (Å²) in [5.74, 6) is 0.681. The Kier molecular flexibility index (Phi) is 7.11. The van der Waals surface area contributed by atoms with Crippen LogP contribution in [-0.2, 0) is 0 Å². The van der Waals surface area contributed by atoms with Gasteiger partial charge in [0, 0.05) is 16.3 Å². The van der Waals surface area contributed by atoms with E-state index in [1.165, 1.54) is 18.4 Å². The van der Waals surface area contributed by atoms with Gasteiger partial charge in [0.2, 0.25) is 0 Å². The van der Waals surface area contributed by atoms with E-state index in [0.29, 0.717) is 50.0 Å². The fourth-order valence-corrected chi connectivity index (χ4v) is 4.60. The molecular weight excluding hydrogens is 500 g/mol. The Morgan fingerprint density at radius 1 is 1.05 bits per heavy atom. The summed E-state index contributed by atoms with van der Waals surface area (Å²) >= 11 is 1.26. The number of ether oxygens (including phenoxy) is 2. The molecule has 2 aromatic heterocycles. The number of hydrogen-bond donors (Lipinski definition) is 0. The van der Waals surface area contributed by atoms with Gasteiger partial charge in [-0.25, -0.2) is 9.78 Å². The fourth-order valence-electron chi connectivity index (χ4n) is 3.81. The van der Waals surface area contributed by atoms with Crippen LogP contribution in [0.5, 0.6) is 11.5 Å². The molecule has 5 aromatic rings. The second-order valence-electron chi connectivity index (χ2n) is 8.18. The number of aromatic nitrogens is 1. The van der Waals surface area contributed by atoms with Crippen LogP contribution in [0, 0.1) is 11.3 Å². The van der Waals surface area contributed by atoms with Crippen LogP contribution < -0.4 is 15.1 Å². The number of fused-ring (bicyclic) bond motifs is 1. The molecule has 0 bridgehead atoms. The molecule has 0 amide bonds. The van der Waals surface area contributed by atoms with E-state index in [4.69, 9.17) is 13.9 Å². The van der Waals surface area contributed by atoms with Gasteiger partial charge in [-0.2, -0.15) is 5.26 Å². The lowest BCUT2D eigenvalue weighted by molar-refractivity contribution is 0.0919. The minimum absolute atomic E-state index is 0.135. The topological polar surface area (TPSA) is 102 Å². The maximum absolute atomic E-state index is 12.5. The molecule has 8 heteroatoms. The van der Waals surface area contributed by atoms with Crippen LogP contribution in [-0.4, -0.2) is 24.5 Å². The molecular formula is C30H20N2O5S. The standard InChI is InChI=1S/C30H20N2O5S/c1-35-28-14-19(11-12-27(28)36-17-25(33)20-7-3-2-4-8-20)13-22(16-31)29-32-24(18-38-29)23-15-21-9-5-6-10-26(21)37-30(23)34/h2-15,18H,17H2,1H3/b22-13-. The van der Waals surface area contributed by atoms with Crippen LogP contribution in [0.2, 0.25) is 0 Å². The summed E-state index contributed by atoms with van der Waals surface area (Å²) in [7, 11) is 1.50. The lowest BCUT2D eigenvalue weighted by Gasteiger charge is -2.11. The van der Waals surface area contributed by atoms with Crippen LogP contribution in [0.15, 0.2) is 93.5 Å². The van der Waals surface area contributed by atoms with E-state index in [9.17, 15) is 14.9 Å². The van der Waals surface area contributed by atoms with E-state index < -0.39 is 5.63 Å². The number of para-hydroxylation sites is 1. The number of nitriles is 1. The first-order valence-corrected chi connectivity index (χ1v) is 12.4. The molecule has 3 aromatic carbocycles. The minimum atomic E-state index is -0.492.